The molecule has 164 valence electrons. The summed E-state index contributed by atoms with van der Waals surface area (Å²) in [4.78, 5) is 8.69. The molecule has 0 amide bonds. The summed E-state index contributed by atoms with van der Waals surface area (Å²) >= 11 is 1.41. The van der Waals surface area contributed by atoms with Gasteiger partial charge in [-0.05, 0) is 36.4 Å². The second kappa shape index (κ2) is 9.25. The number of aromatic nitrogens is 2. The van der Waals surface area contributed by atoms with E-state index in [0.717, 1.165) is 11.4 Å². The summed E-state index contributed by atoms with van der Waals surface area (Å²) in [5.41, 5.74) is 2.14. The van der Waals surface area contributed by atoms with Crippen molar-refractivity contribution in [3.63, 3.8) is 0 Å². The van der Waals surface area contributed by atoms with Crippen LogP contribution < -0.4 is 19.0 Å². The summed E-state index contributed by atoms with van der Waals surface area (Å²) in [6.45, 7) is 0. The first-order valence-electron chi connectivity index (χ1n) is 9.39. The van der Waals surface area contributed by atoms with Gasteiger partial charge in [0, 0.05) is 29.4 Å². The van der Waals surface area contributed by atoms with E-state index in [-0.39, 0.29) is 16.4 Å². The van der Waals surface area contributed by atoms with Gasteiger partial charge in [0.2, 0.25) is 0 Å². The zero-order valence-electron chi connectivity index (χ0n) is 17.2. The summed E-state index contributed by atoms with van der Waals surface area (Å²) in [5.74, 6) is 0.669. The van der Waals surface area contributed by atoms with Gasteiger partial charge in [-0.15, -0.1) is 11.3 Å². The lowest BCUT2D eigenvalue weighted by Crippen LogP contribution is -2.11. The predicted molar refractivity (Wildman–Crippen MR) is 122 cm³/mol. The zero-order valence-corrected chi connectivity index (χ0v) is 18.8. The average molecular weight is 470 g/mol. The van der Waals surface area contributed by atoms with Crippen LogP contribution in [0, 0.1) is 0 Å². The van der Waals surface area contributed by atoms with Crippen molar-refractivity contribution in [1.29, 1.82) is 0 Å². The Morgan fingerprint density at radius 1 is 0.906 bits per heavy atom. The minimum atomic E-state index is -4.16. The SMILES string of the molecule is COc1ccc(OC)c(S(=O)(=O)Oc2cccc(Nc3nc(-c4ccccn4)cs3)c2)c1. The van der Waals surface area contributed by atoms with Crippen LogP contribution in [0.25, 0.3) is 11.4 Å². The molecule has 0 atom stereocenters. The molecular weight excluding hydrogens is 450 g/mol. The average Bonchev–Trinajstić information content (AvgIpc) is 3.27. The Kier molecular flexibility index (Phi) is 6.24. The lowest BCUT2D eigenvalue weighted by Gasteiger charge is -2.12. The van der Waals surface area contributed by atoms with Crippen molar-refractivity contribution >= 4 is 32.3 Å². The number of pyridine rings is 1. The number of thiazole rings is 1. The van der Waals surface area contributed by atoms with E-state index in [9.17, 15) is 8.42 Å². The third kappa shape index (κ3) is 4.82. The Hall–Kier alpha value is -3.63. The van der Waals surface area contributed by atoms with Crippen molar-refractivity contribution in [1.82, 2.24) is 9.97 Å². The number of ether oxygens (including phenoxy) is 2. The van der Waals surface area contributed by atoms with Crippen LogP contribution in [0.1, 0.15) is 0 Å². The Morgan fingerprint density at radius 2 is 1.78 bits per heavy atom. The van der Waals surface area contributed by atoms with Crippen molar-refractivity contribution in [3.05, 3.63) is 72.2 Å². The van der Waals surface area contributed by atoms with Crippen LogP contribution in [0.5, 0.6) is 17.2 Å². The highest BCUT2D eigenvalue weighted by atomic mass is 32.2. The van der Waals surface area contributed by atoms with Gasteiger partial charge in [0.05, 0.1) is 19.9 Å². The van der Waals surface area contributed by atoms with Gasteiger partial charge >= 0.3 is 10.1 Å². The van der Waals surface area contributed by atoms with Crippen LogP contribution in [0.2, 0.25) is 0 Å². The monoisotopic (exact) mass is 469 g/mol. The maximum atomic E-state index is 12.9. The van der Waals surface area contributed by atoms with E-state index in [4.69, 9.17) is 13.7 Å². The van der Waals surface area contributed by atoms with Crippen LogP contribution in [-0.2, 0) is 10.1 Å². The Labute approximate surface area is 189 Å². The van der Waals surface area contributed by atoms with Gasteiger partial charge in [0.25, 0.3) is 0 Å². The van der Waals surface area contributed by atoms with E-state index < -0.39 is 10.1 Å². The van der Waals surface area contributed by atoms with Gasteiger partial charge in [-0.25, -0.2) is 4.98 Å². The highest BCUT2D eigenvalue weighted by Gasteiger charge is 2.23. The van der Waals surface area contributed by atoms with E-state index in [1.807, 2.05) is 23.6 Å². The van der Waals surface area contributed by atoms with Gasteiger partial charge < -0.3 is 19.0 Å². The number of anilines is 2. The van der Waals surface area contributed by atoms with E-state index in [2.05, 4.69) is 15.3 Å². The normalized spacial score (nSPS) is 11.1. The standard InChI is InChI=1S/C22H19N3O5S2/c1-28-16-9-10-20(29-2)21(13-16)32(26,27)30-17-7-5-6-15(12-17)24-22-25-19(14-31-22)18-8-3-4-11-23-18/h3-14H,1-2H3,(H,24,25). The molecule has 4 rings (SSSR count). The quantitative estimate of drug-likeness (QED) is 0.370. The second-order valence-electron chi connectivity index (χ2n) is 6.46. The smallest absolute Gasteiger partial charge is 0.343 e. The first-order valence-corrected chi connectivity index (χ1v) is 11.7. The molecule has 0 saturated carbocycles. The molecule has 0 fully saturated rings. The number of hydrogen-bond donors (Lipinski definition) is 1. The summed E-state index contributed by atoms with van der Waals surface area (Å²) in [7, 11) is -1.33. The highest BCUT2D eigenvalue weighted by Crippen LogP contribution is 2.32. The van der Waals surface area contributed by atoms with Gasteiger partial charge in [-0.1, -0.05) is 12.1 Å². The van der Waals surface area contributed by atoms with Crippen molar-refractivity contribution in [2.24, 2.45) is 0 Å². The fourth-order valence-electron chi connectivity index (χ4n) is 2.86. The van der Waals surface area contributed by atoms with E-state index in [0.29, 0.717) is 16.6 Å². The molecule has 4 aromatic rings. The number of methoxy groups -OCH3 is 2. The molecule has 2 aromatic carbocycles. The first kappa shape index (κ1) is 21.6. The van der Waals surface area contributed by atoms with Crippen LogP contribution in [-0.4, -0.2) is 32.6 Å². The van der Waals surface area contributed by atoms with Crippen LogP contribution in [0.15, 0.2) is 77.1 Å². The fourth-order valence-corrected chi connectivity index (χ4v) is 4.69. The third-order valence-corrected chi connectivity index (χ3v) is 6.39. The minimum Gasteiger partial charge on any atom is -0.497 e. The molecule has 0 aliphatic rings. The molecule has 0 radical (unpaired) electrons. The molecule has 0 bridgehead atoms. The van der Waals surface area contributed by atoms with Crippen molar-refractivity contribution in [2.75, 3.05) is 19.5 Å². The third-order valence-electron chi connectivity index (χ3n) is 4.36. The molecule has 1 N–H and O–H groups in total. The summed E-state index contributed by atoms with van der Waals surface area (Å²) in [6, 6.07) is 16.7. The van der Waals surface area contributed by atoms with Crippen molar-refractivity contribution in [3.8, 4) is 28.6 Å². The number of nitrogens with one attached hydrogen (secondary N) is 1. The summed E-state index contributed by atoms with van der Waals surface area (Å²) < 4.78 is 41.4. The molecule has 0 saturated heterocycles. The summed E-state index contributed by atoms with van der Waals surface area (Å²) in [6.07, 6.45) is 1.71. The predicted octanol–water partition coefficient (Wildman–Crippen LogP) is 4.73. The van der Waals surface area contributed by atoms with E-state index in [1.165, 1.54) is 37.7 Å². The molecule has 32 heavy (non-hydrogen) atoms. The fraction of sp³-hybridized carbons (Fsp3) is 0.0909. The van der Waals surface area contributed by atoms with Crippen molar-refractivity contribution < 1.29 is 22.1 Å². The molecular formula is C22H19N3O5S2. The zero-order chi connectivity index (χ0) is 22.6. The van der Waals surface area contributed by atoms with E-state index >= 15 is 0 Å². The molecule has 8 nitrogen and oxygen atoms in total. The number of benzene rings is 2. The van der Waals surface area contributed by atoms with Gasteiger partial charge in [0.15, 0.2) is 10.0 Å². The van der Waals surface area contributed by atoms with Crippen molar-refractivity contribution in [2.45, 2.75) is 4.90 Å². The summed E-state index contributed by atoms with van der Waals surface area (Å²) in [5, 5.41) is 5.69. The second-order valence-corrected chi connectivity index (χ2v) is 8.83. The van der Waals surface area contributed by atoms with Crippen LogP contribution in [0.3, 0.4) is 0 Å². The molecule has 0 spiro atoms. The first-order chi connectivity index (χ1) is 15.5. The van der Waals surface area contributed by atoms with E-state index in [1.54, 1.807) is 36.5 Å². The van der Waals surface area contributed by atoms with Crippen LogP contribution >= 0.6 is 11.3 Å². The molecule has 0 aliphatic heterocycles. The van der Waals surface area contributed by atoms with Gasteiger partial charge in [0.1, 0.15) is 22.9 Å². The highest BCUT2D eigenvalue weighted by molar-refractivity contribution is 7.87. The van der Waals surface area contributed by atoms with Crippen LogP contribution in [0.4, 0.5) is 10.8 Å². The maximum absolute atomic E-state index is 12.9. The maximum Gasteiger partial charge on any atom is 0.343 e. The largest absolute Gasteiger partial charge is 0.497 e. The Morgan fingerprint density at radius 3 is 2.53 bits per heavy atom. The van der Waals surface area contributed by atoms with Gasteiger partial charge in [-0.3, -0.25) is 4.98 Å². The molecule has 2 aromatic heterocycles. The number of hydrogen-bond acceptors (Lipinski definition) is 9. The lowest BCUT2D eigenvalue weighted by molar-refractivity contribution is 0.388. The number of nitrogens with zero attached hydrogens (tertiary/aromatic N) is 2. The lowest BCUT2D eigenvalue weighted by atomic mass is 10.3. The topological polar surface area (TPSA) is 99.6 Å². The Bertz CT molecular complexity index is 1320. The van der Waals surface area contributed by atoms with Gasteiger partial charge in [-0.2, -0.15) is 8.42 Å². The molecule has 2 heterocycles. The Balaban J connectivity index is 1.54. The number of rotatable bonds is 8. The molecule has 0 unspecified atom stereocenters. The minimum absolute atomic E-state index is 0.127. The molecule has 10 heteroatoms. The molecule has 0 aliphatic carbocycles.